The number of halogens is 2. The molecule has 2 aromatic carbocycles. The second kappa shape index (κ2) is 10.9. The van der Waals surface area contributed by atoms with Crippen LogP contribution in [0.3, 0.4) is 0 Å². The lowest BCUT2D eigenvalue weighted by Crippen LogP contribution is -3.00. The van der Waals surface area contributed by atoms with Crippen LogP contribution in [0.15, 0.2) is 42.0 Å². The number of nitrogens with zero attached hydrogens (tertiary/aromatic N) is 1. The second-order valence-corrected chi connectivity index (χ2v) is 9.82. The molecule has 0 radical (unpaired) electrons. The van der Waals surface area contributed by atoms with E-state index in [1.807, 2.05) is 25.1 Å². The highest BCUT2D eigenvalue weighted by molar-refractivity contribution is 6.30. The van der Waals surface area contributed by atoms with Crippen LogP contribution < -0.4 is 22.5 Å². The summed E-state index contributed by atoms with van der Waals surface area (Å²) in [6, 6.07) is 12.9. The number of nitrogens with one attached hydrogen (secondary N) is 1. The maximum Gasteiger partial charge on any atom is 0.250 e. The first-order valence-corrected chi connectivity index (χ1v) is 11.6. The molecule has 7 heteroatoms. The van der Waals surface area contributed by atoms with Crippen LogP contribution in [0.25, 0.3) is 6.08 Å². The van der Waals surface area contributed by atoms with E-state index >= 15 is 0 Å². The van der Waals surface area contributed by atoms with Gasteiger partial charge in [-0.25, -0.2) is 0 Å². The summed E-state index contributed by atoms with van der Waals surface area (Å²) in [6.07, 6.45) is 4.10. The third-order valence-corrected chi connectivity index (χ3v) is 6.73. The van der Waals surface area contributed by atoms with Crippen molar-refractivity contribution in [3.05, 3.63) is 69.2 Å². The van der Waals surface area contributed by atoms with Crippen molar-refractivity contribution in [3.63, 3.8) is 0 Å². The molecule has 0 aliphatic carbocycles. The van der Waals surface area contributed by atoms with Gasteiger partial charge in [0.1, 0.15) is 18.9 Å². The normalized spacial score (nSPS) is 16.2. The number of benzene rings is 2. The van der Waals surface area contributed by atoms with Crippen LogP contribution in [-0.2, 0) is 22.6 Å². The van der Waals surface area contributed by atoms with Gasteiger partial charge in [-0.3, -0.25) is 4.79 Å². The Morgan fingerprint density at radius 1 is 1.12 bits per heavy atom. The number of aryl methyl sites for hydroxylation is 1. The van der Waals surface area contributed by atoms with Gasteiger partial charge in [0.25, 0.3) is 5.91 Å². The Bertz CT molecular complexity index is 1010. The van der Waals surface area contributed by atoms with Gasteiger partial charge in [-0.2, -0.15) is 0 Å². The average molecular weight is 491 g/mol. The van der Waals surface area contributed by atoms with Gasteiger partial charge in [-0.05, 0) is 36.3 Å². The third kappa shape index (κ3) is 6.30. The van der Waals surface area contributed by atoms with Gasteiger partial charge < -0.3 is 31.7 Å². The lowest BCUT2D eigenvalue weighted by molar-refractivity contribution is -0.929. The minimum atomic E-state index is -0.116. The Morgan fingerprint density at radius 3 is 2.48 bits per heavy atom. The van der Waals surface area contributed by atoms with Crippen LogP contribution >= 0.6 is 11.6 Å². The first-order valence-electron chi connectivity index (χ1n) is 11.2. The van der Waals surface area contributed by atoms with Crippen LogP contribution in [0.4, 0.5) is 0 Å². The first-order chi connectivity index (χ1) is 15.3. The molecule has 0 saturated carbocycles. The Balaban J connectivity index is 0.00000306. The summed E-state index contributed by atoms with van der Waals surface area (Å²) in [7, 11) is 4.60. The quantitative estimate of drug-likeness (QED) is 0.624. The molecule has 2 aromatic rings. The minimum Gasteiger partial charge on any atom is -1.00 e. The number of hydrogen-bond donors (Lipinski definition) is 1. The van der Waals surface area contributed by atoms with Gasteiger partial charge in [-0.1, -0.05) is 35.9 Å². The van der Waals surface area contributed by atoms with Crippen molar-refractivity contribution in [1.29, 1.82) is 0 Å². The van der Waals surface area contributed by atoms with E-state index in [0.717, 1.165) is 59.5 Å². The molecule has 0 atom stereocenters. The van der Waals surface area contributed by atoms with Crippen LogP contribution in [0, 0.1) is 6.92 Å². The van der Waals surface area contributed by atoms with Crippen LogP contribution in [0.2, 0.25) is 5.02 Å². The van der Waals surface area contributed by atoms with E-state index in [0.29, 0.717) is 23.2 Å². The molecule has 1 amide bonds. The number of carbonyl (C=O) groups excluding carboxylic acids is 1. The molecule has 0 aromatic heterocycles. The molecule has 33 heavy (non-hydrogen) atoms. The standard InChI is InChI=1S/C26H31ClN2O3.ClH/c1-18-12-23(27)14-21-13-22(17-32-25(18)21)26(30)28-15-19-4-6-20(7-5-19)16-29(2,3)24-8-10-31-11-9-24;/h4-7,12-14,24H,8-11,15-17H2,1-3H3;1H. The summed E-state index contributed by atoms with van der Waals surface area (Å²) in [6.45, 7) is 5.42. The molecule has 1 fully saturated rings. The van der Waals surface area contributed by atoms with Crippen LogP contribution in [-0.4, -0.2) is 50.3 Å². The maximum absolute atomic E-state index is 12.7. The molecule has 178 valence electrons. The monoisotopic (exact) mass is 490 g/mol. The molecule has 1 N–H and O–H groups in total. The maximum atomic E-state index is 12.7. The Morgan fingerprint density at radius 2 is 1.79 bits per heavy atom. The predicted octanol–water partition coefficient (Wildman–Crippen LogP) is 1.50. The topological polar surface area (TPSA) is 47.6 Å². The Labute approximate surface area is 207 Å². The van der Waals surface area contributed by atoms with E-state index in [4.69, 9.17) is 21.1 Å². The summed E-state index contributed by atoms with van der Waals surface area (Å²) in [5.74, 6) is 0.679. The first kappa shape index (κ1) is 25.6. The van der Waals surface area contributed by atoms with Crippen molar-refractivity contribution in [3.8, 4) is 5.75 Å². The molecule has 5 nitrogen and oxygen atoms in total. The molecular weight excluding hydrogens is 459 g/mol. The zero-order chi connectivity index (χ0) is 22.7. The summed E-state index contributed by atoms with van der Waals surface area (Å²) in [5, 5.41) is 3.65. The summed E-state index contributed by atoms with van der Waals surface area (Å²) >= 11 is 6.16. The number of amides is 1. The Hall–Kier alpha value is -2.05. The summed E-state index contributed by atoms with van der Waals surface area (Å²) in [4.78, 5) is 12.7. The molecular formula is C26H32Cl2N2O3. The summed E-state index contributed by atoms with van der Waals surface area (Å²) < 4.78 is 12.3. The van der Waals surface area contributed by atoms with Crippen molar-refractivity contribution < 1.29 is 31.2 Å². The fraction of sp³-hybridized carbons (Fsp3) is 0.423. The lowest BCUT2D eigenvalue weighted by atomic mass is 10.0. The number of quaternary nitrogens is 1. The lowest BCUT2D eigenvalue weighted by Gasteiger charge is -2.40. The highest BCUT2D eigenvalue weighted by atomic mass is 35.5. The van der Waals surface area contributed by atoms with E-state index in [1.165, 1.54) is 5.56 Å². The minimum absolute atomic E-state index is 0. The number of hydrogen-bond acceptors (Lipinski definition) is 3. The summed E-state index contributed by atoms with van der Waals surface area (Å²) in [5.41, 5.74) is 4.81. The van der Waals surface area contributed by atoms with Gasteiger partial charge in [0.2, 0.25) is 0 Å². The second-order valence-electron chi connectivity index (χ2n) is 9.38. The van der Waals surface area contributed by atoms with Crippen molar-refractivity contribution in [1.82, 2.24) is 5.32 Å². The van der Waals surface area contributed by atoms with Gasteiger partial charge in [0.05, 0.1) is 38.9 Å². The fourth-order valence-corrected chi connectivity index (χ4v) is 4.89. The van der Waals surface area contributed by atoms with Crippen molar-refractivity contribution in [2.45, 2.75) is 38.9 Å². The van der Waals surface area contributed by atoms with Gasteiger partial charge in [0.15, 0.2) is 0 Å². The van der Waals surface area contributed by atoms with Gasteiger partial charge >= 0.3 is 0 Å². The van der Waals surface area contributed by atoms with Crippen LogP contribution in [0.1, 0.15) is 35.1 Å². The van der Waals surface area contributed by atoms with Crippen molar-refractivity contribution >= 4 is 23.6 Å². The van der Waals surface area contributed by atoms with E-state index in [2.05, 4.69) is 43.7 Å². The van der Waals surface area contributed by atoms with E-state index in [1.54, 1.807) is 0 Å². The van der Waals surface area contributed by atoms with E-state index < -0.39 is 0 Å². The molecule has 2 aliphatic rings. The molecule has 0 unspecified atom stereocenters. The van der Waals surface area contributed by atoms with Gasteiger partial charge in [0, 0.05) is 35.5 Å². The molecule has 2 aliphatic heterocycles. The molecule has 0 bridgehead atoms. The SMILES string of the molecule is Cc1cc(Cl)cc2c1OCC(C(=O)NCc1ccc(C[N+](C)(C)C3CCOCC3)cc1)=C2.[Cl-]. The molecule has 1 saturated heterocycles. The number of ether oxygens (including phenoxy) is 2. The third-order valence-electron chi connectivity index (χ3n) is 6.51. The molecule has 4 rings (SSSR count). The number of rotatable bonds is 6. The van der Waals surface area contributed by atoms with E-state index in [9.17, 15) is 4.79 Å². The van der Waals surface area contributed by atoms with Crippen molar-refractivity contribution in [2.75, 3.05) is 33.9 Å². The zero-order valence-electron chi connectivity index (χ0n) is 19.5. The number of carbonyl (C=O) groups is 1. The highest BCUT2D eigenvalue weighted by Gasteiger charge is 2.30. The Kier molecular flexibility index (Phi) is 8.46. The van der Waals surface area contributed by atoms with E-state index in [-0.39, 0.29) is 24.9 Å². The van der Waals surface area contributed by atoms with Crippen LogP contribution in [0.5, 0.6) is 5.75 Å². The fourth-order valence-electron chi connectivity index (χ4n) is 4.61. The zero-order valence-corrected chi connectivity index (χ0v) is 21.0. The van der Waals surface area contributed by atoms with Crippen molar-refractivity contribution in [2.24, 2.45) is 0 Å². The van der Waals surface area contributed by atoms with Gasteiger partial charge in [-0.15, -0.1) is 0 Å². The predicted molar refractivity (Wildman–Crippen MR) is 128 cm³/mol. The number of fused-ring (bicyclic) bond motifs is 1. The smallest absolute Gasteiger partial charge is 0.250 e. The molecule has 2 heterocycles. The highest BCUT2D eigenvalue weighted by Crippen LogP contribution is 2.32. The largest absolute Gasteiger partial charge is 1.00 e. The molecule has 0 spiro atoms. The average Bonchev–Trinajstić information content (AvgIpc) is 2.78.